The van der Waals surface area contributed by atoms with Crippen molar-refractivity contribution in [3.05, 3.63) is 34.4 Å². The molecule has 1 N–H and O–H groups in total. The molecule has 0 amide bonds. The maximum absolute atomic E-state index is 12.3. The molecule has 1 aromatic rings. The number of nitro benzene ring substituents is 1. The smallest absolute Gasteiger partial charge is 0.295 e. The Bertz CT molecular complexity index is 691. The average Bonchev–Trinajstić information content (AvgIpc) is 2.91. The van der Waals surface area contributed by atoms with Gasteiger partial charge < -0.3 is 0 Å². The first-order chi connectivity index (χ1) is 11.1. The fraction of sp³-hybridized carbons (Fsp3) is 0.538. The van der Waals surface area contributed by atoms with Gasteiger partial charge in [-0.25, -0.2) is 13.1 Å². The molecule has 1 aliphatic rings. The summed E-state index contributed by atoms with van der Waals surface area (Å²) < 4.78 is 63.5. The van der Waals surface area contributed by atoms with E-state index in [-0.39, 0.29) is 36.1 Å². The Morgan fingerprint density at radius 3 is 2.46 bits per heavy atom. The zero-order chi connectivity index (χ0) is 18.0. The number of halogens is 3. The van der Waals surface area contributed by atoms with Gasteiger partial charge in [0.1, 0.15) is 0 Å². The number of benzene rings is 1. The number of likely N-dealkylation sites (tertiary alicyclic amines) is 1. The second-order valence-corrected chi connectivity index (χ2v) is 7.37. The fourth-order valence-corrected chi connectivity index (χ4v) is 3.65. The van der Waals surface area contributed by atoms with E-state index in [0.29, 0.717) is 6.42 Å². The van der Waals surface area contributed by atoms with Crippen molar-refractivity contribution < 1.29 is 26.5 Å². The molecule has 2 rings (SSSR count). The molecule has 0 spiro atoms. The van der Waals surface area contributed by atoms with Crippen molar-refractivity contribution >= 4 is 15.7 Å². The van der Waals surface area contributed by atoms with Crippen LogP contribution >= 0.6 is 0 Å². The van der Waals surface area contributed by atoms with Crippen molar-refractivity contribution in [1.29, 1.82) is 0 Å². The van der Waals surface area contributed by atoms with Gasteiger partial charge in [-0.1, -0.05) is 0 Å². The van der Waals surface area contributed by atoms with Crippen LogP contribution < -0.4 is 4.72 Å². The second kappa shape index (κ2) is 7.03. The van der Waals surface area contributed by atoms with Gasteiger partial charge in [-0.2, -0.15) is 13.2 Å². The van der Waals surface area contributed by atoms with Crippen LogP contribution in [0.25, 0.3) is 0 Å². The first kappa shape index (κ1) is 18.6. The molecule has 0 bridgehead atoms. The minimum absolute atomic E-state index is 0.0215. The van der Waals surface area contributed by atoms with E-state index in [0.717, 1.165) is 24.3 Å². The maximum Gasteiger partial charge on any atom is 0.401 e. The number of hydrogen-bond donors (Lipinski definition) is 1. The number of alkyl halides is 3. The molecule has 7 nitrogen and oxygen atoms in total. The van der Waals surface area contributed by atoms with Gasteiger partial charge >= 0.3 is 6.18 Å². The summed E-state index contributed by atoms with van der Waals surface area (Å²) in [7, 11) is -3.86. The van der Waals surface area contributed by atoms with Crippen LogP contribution in [0, 0.1) is 16.0 Å². The van der Waals surface area contributed by atoms with Gasteiger partial charge in [0.15, 0.2) is 0 Å². The van der Waals surface area contributed by atoms with Crippen molar-refractivity contribution in [3.63, 3.8) is 0 Å². The van der Waals surface area contributed by atoms with E-state index in [1.165, 1.54) is 4.90 Å². The van der Waals surface area contributed by atoms with Crippen LogP contribution in [0.1, 0.15) is 6.42 Å². The van der Waals surface area contributed by atoms with Gasteiger partial charge in [0, 0.05) is 25.2 Å². The lowest BCUT2D eigenvalue weighted by molar-refractivity contribution is -0.384. The SMILES string of the molecule is O=[N+]([O-])c1ccc(S(=O)(=O)NC[C@H]2CCN(CC(F)(F)F)C2)cc1. The molecule has 1 heterocycles. The molecule has 0 saturated carbocycles. The lowest BCUT2D eigenvalue weighted by atomic mass is 10.1. The Hall–Kier alpha value is -1.72. The summed E-state index contributed by atoms with van der Waals surface area (Å²) >= 11 is 0. The second-order valence-electron chi connectivity index (χ2n) is 5.61. The molecular formula is C13H16F3N3O4S. The highest BCUT2D eigenvalue weighted by atomic mass is 32.2. The largest absolute Gasteiger partial charge is 0.401 e. The lowest BCUT2D eigenvalue weighted by Crippen LogP contribution is -2.34. The summed E-state index contributed by atoms with van der Waals surface area (Å²) in [6.45, 7) is -0.544. The summed E-state index contributed by atoms with van der Waals surface area (Å²) in [5.41, 5.74) is -0.229. The Morgan fingerprint density at radius 1 is 1.29 bits per heavy atom. The van der Waals surface area contributed by atoms with Gasteiger partial charge in [0.25, 0.3) is 5.69 Å². The molecule has 134 valence electrons. The molecule has 1 fully saturated rings. The Labute approximate surface area is 136 Å². The lowest BCUT2D eigenvalue weighted by Gasteiger charge is -2.18. The third-order valence-electron chi connectivity index (χ3n) is 3.69. The third kappa shape index (κ3) is 5.14. The Kier molecular flexibility index (Phi) is 5.45. The van der Waals surface area contributed by atoms with Gasteiger partial charge in [-0.05, 0) is 31.0 Å². The van der Waals surface area contributed by atoms with E-state index < -0.39 is 27.7 Å². The summed E-state index contributed by atoms with van der Waals surface area (Å²) in [6.07, 6.45) is -3.80. The van der Waals surface area contributed by atoms with Crippen LogP contribution in [-0.4, -0.2) is 50.6 Å². The summed E-state index contributed by atoms with van der Waals surface area (Å²) in [4.78, 5) is 11.0. The summed E-state index contributed by atoms with van der Waals surface area (Å²) in [6, 6.07) is 4.39. The number of nitrogens with zero attached hydrogens (tertiary/aromatic N) is 2. The predicted octanol–water partition coefficient (Wildman–Crippen LogP) is 1.76. The number of non-ortho nitro benzene ring substituents is 1. The van der Waals surface area contributed by atoms with E-state index in [1.807, 2.05) is 0 Å². The number of rotatable bonds is 6. The van der Waals surface area contributed by atoms with Gasteiger partial charge in [-0.15, -0.1) is 0 Å². The zero-order valence-electron chi connectivity index (χ0n) is 12.5. The van der Waals surface area contributed by atoms with Crippen LogP contribution in [0.2, 0.25) is 0 Å². The molecule has 1 saturated heterocycles. The summed E-state index contributed by atoms with van der Waals surface area (Å²) in [5, 5.41) is 10.5. The average molecular weight is 367 g/mol. The Morgan fingerprint density at radius 2 is 1.92 bits per heavy atom. The van der Waals surface area contributed by atoms with E-state index >= 15 is 0 Å². The normalized spacial score (nSPS) is 19.5. The standard InChI is InChI=1S/C13H16F3N3O4S/c14-13(15,16)9-18-6-5-10(8-18)7-17-24(22,23)12-3-1-11(2-4-12)19(20)21/h1-4,10,17H,5-9H2/t10-/m1/s1. The number of nitrogens with one attached hydrogen (secondary N) is 1. The number of nitro groups is 1. The zero-order valence-corrected chi connectivity index (χ0v) is 13.3. The van der Waals surface area contributed by atoms with Crippen molar-refractivity contribution in [2.75, 3.05) is 26.2 Å². The first-order valence-corrected chi connectivity index (χ1v) is 8.58. The molecule has 0 radical (unpaired) electrons. The molecule has 1 aromatic carbocycles. The molecular weight excluding hydrogens is 351 g/mol. The topological polar surface area (TPSA) is 92.5 Å². The molecule has 1 aliphatic heterocycles. The van der Waals surface area contributed by atoms with E-state index in [2.05, 4.69) is 4.72 Å². The molecule has 0 aromatic heterocycles. The molecule has 11 heteroatoms. The highest BCUT2D eigenvalue weighted by Crippen LogP contribution is 2.23. The monoisotopic (exact) mass is 367 g/mol. The summed E-state index contributed by atoms with van der Waals surface area (Å²) in [5.74, 6) is -0.208. The van der Waals surface area contributed by atoms with Gasteiger partial charge in [-0.3, -0.25) is 15.0 Å². The van der Waals surface area contributed by atoms with Crippen molar-refractivity contribution in [3.8, 4) is 0 Å². The molecule has 24 heavy (non-hydrogen) atoms. The third-order valence-corrected chi connectivity index (χ3v) is 5.13. The van der Waals surface area contributed by atoms with E-state index in [9.17, 15) is 31.7 Å². The van der Waals surface area contributed by atoms with Crippen LogP contribution in [0.3, 0.4) is 0 Å². The van der Waals surface area contributed by atoms with Crippen molar-refractivity contribution in [1.82, 2.24) is 9.62 Å². The highest BCUT2D eigenvalue weighted by Gasteiger charge is 2.34. The van der Waals surface area contributed by atoms with Crippen LogP contribution in [-0.2, 0) is 10.0 Å². The van der Waals surface area contributed by atoms with E-state index in [4.69, 9.17) is 0 Å². The van der Waals surface area contributed by atoms with Gasteiger partial charge in [0.2, 0.25) is 10.0 Å². The van der Waals surface area contributed by atoms with Gasteiger partial charge in [0.05, 0.1) is 16.4 Å². The van der Waals surface area contributed by atoms with Crippen molar-refractivity contribution in [2.45, 2.75) is 17.5 Å². The molecule has 0 aliphatic carbocycles. The minimum atomic E-state index is -4.27. The minimum Gasteiger partial charge on any atom is -0.295 e. The quantitative estimate of drug-likeness (QED) is 0.611. The van der Waals surface area contributed by atoms with E-state index in [1.54, 1.807) is 0 Å². The van der Waals surface area contributed by atoms with Crippen LogP contribution in [0.4, 0.5) is 18.9 Å². The van der Waals surface area contributed by atoms with Crippen LogP contribution in [0.5, 0.6) is 0 Å². The number of sulfonamides is 1. The maximum atomic E-state index is 12.3. The van der Waals surface area contributed by atoms with Crippen molar-refractivity contribution in [2.24, 2.45) is 5.92 Å². The highest BCUT2D eigenvalue weighted by molar-refractivity contribution is 7.89. The molecule has 1 atom stereocenters. The fourth-order valence-electron chi connectivity index (χ4n) is 2.53. The van der Waals surface area contributed by atoms with Crippen LogP contribution in [0.15, 0.2) is 29.2 Å². The first-order valence-electron chi connectivity index (χ1n) is 7.10. The predicted molar refractivity (Wildman–Crippen MR) is 78.9 cm³/mol. The number of hydrogen-bond acceptors (Lipinski definition) is 5. The molecule has 0 unspecified atom stereocenters. The Balaban J connectivity index is 1.90.